The zero-order valence-electron chi connectivity index (χ0n) is 14.3. The summed E-state index contributed by atoms with van der Waals surface area (Å²) in [5.41, 5.74) is 4.20. The number of benzene rings is 1. The first-order valence-electron chi connectivity index (χ1n) is 8.49. The zero-order valence-corrected chi connectivity index (χ0v) is 14.3. The summed E-state index contributed by atoms with van der Waals surface area (Å²) in [4.78, 5) is 2.47. The van der Waals surface area contributed by atoms with Gasteiger partial charge in [0.2, 0.25) is 0 Å². The summed E-state index contributed by atoms with van der Waals surface area (Å²) >= 11 is 0. The van der Waals surface area contributed by atoms with E-state index in [4.69, 9.17) is 4.74 Å². The van der Waals surface area contributed by atoms with Crippen molar-refractivity contribution in [2.75, 3.05) is 38.2 Å². The third-order valence-electron chi connectivity index (χ3n) is 4.08. The fraction of sp³-hybridized carbons (Fsp3) is 0.579. The summed E-state index contributed by atoms with van der Waals surface area (Å²) in [7, 11) is 1.99. The molecule has 0 aliphatic carbocycles. The molecule has 1 aliphatic heterocycles. The Morgan fingerprint density at radius 1 is 1.32 bits per heavy atom. The van der Waals surface area contributed by atoms with Crippen LogP contribution in [-0.4, -0.2) is 33.3 Å². The summed E-state index contributed by atoms with van der Waals surface area (Å²) in [6.45, 7) is 8.36. The van der Waals surface area contributed by atoms with Crippen molar-refractivity contribution >= 4 is 5.69 Å². The van der Waals surface area contributed by atoms with Gasteiger partial charge in [0.25, 0.3) is 0 Å². The van der Waals surface area contributed by atoms with E-state index in [9.17, 15) is 0 Å². The van der Waals surface area contributed by atoms with Crippen molar-refractivity contribution in [3.05, 3.63) is 35.4 Å². The van der Waals surface area contributed by atoms with Gasteiger partial charge in [0, 0.05) is 18.8 Å². The Kier molecular flexibility index (Phi) is 6.78. The van der Waals surface area contributed by atoms with Gasteiger partial charge >= 0.3 is 0 Å². The van der Waals surface area contributed by atoms with Crippen LogP contribution in [-0.2, 0) is 6.42 Å². The Morgan fingerprint density at radius 3 is 2.95 bits per heavy atom. The molecule has 0 spiro atoms. The van der Waals surface area contributed by atoms with E-state index in [-0.39, 0.29) is 0 Å². The topological polar surface area (TPSA) is 24.5 Å². The van der Waals surface area contributed by atoms with Crippen molar-refractivity contribution in [2.24, 2.45) is 0 Å². The maximum Gasteiger partial charge on any atom is 0.119 e. The Bertz CT molecular complexity index is 492. The van der Waals surface area contributed by atoms with Gasteiger partial charge in [0.15, 0.2) is 0 Å². The number of nitrogens with one attached hydrogen (secondary N) is 1. The van der Waals surface area contributed by atoms with Crippen LogP contribution in [0.5, 0.6) is 5.75 Å². The summed E-state index contributed by atoms with van der Waals surface area (Å²) in [6.07, 6.45) is 6.97. The van der Waals surface area contributed by atoms with Gasteiger partial charge in [0.05, 0.1) is 6.61 Å². The van der Waals surface area contributed by atoms with Crippen LogP contribution in [0.15, 0.2) is 29.8 Å². The zero-order chi connectivity index (χ0) is 15.8. The summed E-state index contributed by atoms with van der Waals surface area (Å²) in [5, 5.41) is 3.17. The van der Waals surface area contributed by atoms with Crippen LogP contribution in [0.1, 0.15) is 38.7 Å². The molecule has 1 aliphatic rings. The Labute approximate surface area is 135 Å². The first kappa shape index (κ1) is 16.9. The minimum absolute atomic E-state index is 0.807. The van der Waals surface area contributed by atoms with Crippen LogP contribution in [0.2, 0.25) is 0 Å². The van der Waals surface area contributed by atoms with Crippen LogP contribution >= 0.6 is 0 Å². The maximum atomic E-state index is 5.89. The molecule has 0 bridgehead atoms. The van der Waals surface area contributed by atoms with Gasteiger partial charge in [-0.3, -0.25) is 0 Å². The standard InChI is InChI=1S/C19H30N2O/c1-16(2)10-13-21-12-6-7-17-15-18(8-9-19(17)21)22-14-5-4-11-20-3/h8-10,15,20H,4-7,11-14H2,1-3H3. The number of unbranched alkanes of at least 4 members (excludes halogenated alkanes) is 1. The molecular weight excluding hydrogens is 272 g/mol. The second-order valence-electron chi connectivity index (χ2n) is 6.28. The fourth-order valence-electron chi connectivity index (χ4n) is 2.82. The van der Waals surface area contributed by atoms with Crippen LogP contribution in [0.25, 0.3) is 0 Å². The number of nitrogens with zero attached hydrogens (tertiary/aromatic N) is 1. The van der Waals surface area contributed by atoms with E-state index in [2.05, 4.69) is 48.3 Å². The average Bonchev–Trinajstić information content (AvgIpc) is 2.52. The predicted octanol–water partition coefficient (Wildman–Crippen LogP) is 3.78. The number of hydrogen-bond acceptors (Lipinski definition) is 3. The number of aryl methyl sites for hydroxylation is 1. The van der Waals surface area contributed by atoms with Crippen molar-refractivity contribution in [3.8, 4) is 5.75 Å². The van der Waals surface area contributed by atoms with Crippen LogP contribution < -0.4 is 15.0 Å². The molecule has 122 valence electrons. The van der Waals surface area contributed by atoms with E-state index in [1.807, 2.05) is 7.05 Å². The molecule has 0 saturated heterocycles. The highest BCUT2D eigenvalue weighted by Gasteiger charge is 2.16. The second kappa shape index (κ2) is 8.84. The SMILES string of the molecule is CNCCCCOc1ccc2c(c1)CCCN2CC=C(C)C. The quantitative estimate of drug-likeness (QED) is 0.584. The van der Waals surface area contributed by atoms with Gasteiger partial charge in [0.1, 0.15) is 5.75 Å². The lowest BCUT2D eigenvalue weighted by Gasteiger charge is -2.31. The molecule has 1 N–H and O–H groups in total. The number of allylic oxidation sites excluding steroid dienone is 1. The Morgan fingerprint density at radius 2 is 2.18 bits per heavy atom. The lowest BCUT2D eigenvalue weighted by molar-refractivity contribution is 0.306. The smallest absolute Gasteiger partial charge is 0.119 e. The summed E-state index contributed by atoms with van der Waals surface area (Å²) in [5.74, 6) is 1.02. The molecule has 22 heavy (non-hydrogen) atoms. The van der Waals surface area contributed by atoms with Crippen molar-refractivity contribution in [2.45, 2.75) is 39.5 Å². The van der Waals surface area contributed by atoms with Crippen molar-refractivity contribution < 1.29 is 4.74 Å². The first-order chi connectivity index (χ1) is 10.7. The molecule has 2 rings (SSSR count). The van der Waals surface area contributed by atoms with Crippen molar-refractivity contribution in [1.29, 1.82) is 0 Å². The average molecular weight is 302 g/mol. The third-order valence-corrected chi connectivity index (χ3v) is 4.08. The molecular formula is C19H30N2O. The molecule has 0 unspecified atom stereocenters. The van der Waals surface area contributed by atoms with Gasteiger partial charge in [-0.2, -0.15) is 0 Å². The number of ether oxygens (including phenoxy) is 1. The minimum atomic E-state index is 0.807. The molecule has 0 atom stereocenters. The highest BCUT2D eigenvalue weighted by atomic mass is 16.5. The molecule has 0 aromatic heterocycles. The Balaban J connectivity index is 1.93. The Hall–Kier alpha value is -1.48. The highest BCUT2D eigenvalue weighted by Crippen LogP contribution is 2.30. The van der Waals surface area contributed by atoms with Gasteiger partial charge in [-0.25, -0.2) is 0 Å². The molecule has 0 amide bonds. The lowest BCUT2D eigenvalue weighted by Crippen LogP contribution is -2.29. The number of hydrogen-bond donors (Lipinski definition) is 1. The predicted molar refractivity (Wildman–Crippen MR) is 95.1 cm³/mol. The van der Waals surface area contributed by atoms with Crippen LogP contribution in [0, 0.1) is 0 Å². The molecule has 0 fully saturated rings. The minimum Gasteiger partial charge on any atom is -0.494 e. The van der Waals surface area contributed by atoms with Crippen molar-refractivity contribution in [1.82, 2.24) is 5.32 Å². The van der Waals surface area contributed by atoms with Gasteiger partial charge < -0.3 is 15.0 Å². The molecule has 0 radical (unpaired) electrons. The number of anilines is 1. The molecule has 3 heteroatoms. The third kappa shape index (κ3) is 5.06. The molecule has 0 saturated carbocycles. The lowest BCUT2D eigenvalue weighted by atomic mass is 10.0. The highest BCUT2D eigenvalue weighted by molar-refractivity contribution is 5.58. The van der Waals surface area contributed by atoms with E-state index < -0.39 is 0 Å². The monoisotopic (exact) mass is 302 g/mol. The van der Waals surface area contributed by atoms with Gasteiger partial charge in [-0.05, 0) is 76.9 Å². The largest absolute Gasteiger partial charge is 0.494 e. The van der Waals surface area contributed by atoms with Gasteiger partial charge in [-0.1, -0.05) is 11.6 Å². The molecule has 1 heterocycles. The normalized spacial score (nSPS) is 13.7. The van der Waals surface area contributed by atoms with E-state index in [1.165, 1.54) is 23.2 Å². The van der Waals surface area contributed by atoms with E-state index in [0.29, 0.717) is 0 Å². The summed E-state index contributed by atoms with van der Waals surface area (Å²) in [6, 6.07) is 6.59. The number of rotatable bonds is 8. The fourth-order valence-corrected chi connectivity index (χ4v) is 2.82. The molecule has 1 aromatic carbocycles. The molecule has 3 nitrogen and oxygen atoms in total. The molecule has 1 aromatic rings. The van der Waals surface area contributed by atoms with E-state index in [1.54, 1.807) is 0 Å². The van der Waals surface area contributed by atoms with Crippen molar-refractivity contribution in [3.63, 3.8) is 0 Å². The first-order valence-corrected chi connectivity index (χ1v) is 8.49. The van der Waals surface area contributed by atoms with E-state index in [0.717, 1.165) is 51.3 Å². The van der Waals surface area contributed by atoms with Crippen LogP contribution in [0.3, 0.4) is 0 Å². The second-order valence-corrected chi connectivity index (χ2v) is 6.28. The van der Waals surface area contributed by atoms with E-state index >= 15 is 0 Å². The number of fused-ring (bicyclic) bond motifs is 1. The maximum absolute atomic E-state index is 5.89. The summed E-state index contributed by atoms with van der Waals surface area (Å²) < 4.78 is 5.89. The van der Waals surface area contributed by atoms with Crippen LogP contribution in [0.4, 0.5) is 5.69 Å². The van der Waals surface area contributed by atoms with Gasteiger partial charge in [-0.15, -0.1) is 0 Å².